The molecular weight excluding hydrogens is 286 g/mol. The summed E-state index contributed by atoms with van der Waals surface area (Å²) in [4.78, 5) is 0. The van der Waals surface area contributed by atoms with E-state index in [0.29, 0.717) is 6.04 Å². The third-order valence-electron chi connectivity index (χ3n) is 3.00. The van der Waals surface area contributed by atoms with Gasteiger partial charge >= 0.3 is 0 Å². The summed E-state index contributed by atoms with van der Waals surface area (Å²) < 4.78 is 1.17. The molecule has 0 spiro atoms. The van der Waals surface area contributed by atoms with Crippen molar-refractivity contribution in [2.75, 3.05) is 5.32 Å². The first-order valence-corrected chi connectivity index (χ1v) is 7.70. The summed E-state index contributed by atoms with van der Waals surface area (Å²) in [5, 5.41) is 3.69. The summed E-state index contributed by atoms with van der Waals surface area (Å²) in [5.41, 5.74) is 2.50. The first-order chi connectivity index (χ1) is 8.38. The van der Waals surface area contributed by atoms with Crippen molar-refractivity contribution >= 4 is 21.6 Å². The second kappa shape index (κ2) is 7.18. The van der Waals surface area contributed by atoms with Crippen LogP contribution < -0.4 is 5.32 Å². The molecule has 1 nitrogen and oxygen atoms in total. The molecule has 1 aromatic carbocycles. The van der Waals surface area contributed by atoms with Crippen molar-refractivity contribution in [3.05, 3.63) is 28.2 Å². The van der Waals surface area contributed by atoms with Gasteiger partial charge in [-0.3, -0.25) is 0 Å². The summed E-state index contributed by atoms with van der Waals surface area (Å²) in [6.07, 6.45) is 2.44. The Morgan fingerprint density at radius 1 is 1.06 bits per heavy atom. The van der Waals surface area contributed by atoms with Crippen LogP contribution >= 0.6 is 15.9 Å². The van der Waals surface area contributed by atoms with Crippen LogP contribution in [0.15, 0.2) is 22.7 Å². The Kier molecular flexibility index (Phi) is 6.20. The van der Waals surface area contributed by atoms with Crippen LogP contribution in [-0.2, 0) is 0 Å². The highest BCUT2D eigenvalue weighted by Gasteiger charge is 2.13. The highest BCUT2D eigenvalue weighted by Crippen LogP contribution is 2.26. The summed E-state index contributed by atoms with van der Waals surface area (Å²) in [5.74, 6) is 1.45. The lowest BCUT2D eigenvalue weighted by molar-refractivity contribution is 0.442. The molecule has 0 heterocycles. The predicted octanol–water partition coefficient (Wildman–Crippen LogP) is 5.63. The van der Waals surface area contributed by atoms with Crippen molar-refractivity contribution in [2.24, 2.45) is 11.8 Å². The number of hydrogen-bond acceptors (Lipinski definition) is 1. The Balaban J connectivity index is 2.75. The fourth-order valence-corrected chi connectivity index (χ4v) is 2.92. The maximum Gasteiger partial charge on any atom is 0.0486 e. The monoisotopic (exact) mass is 311 g/mol. The standard InChI is InChI=1S/C16H26BrN/c1-11(2)8-14(9-12(3)4)18-16-7-6-13(5)10-15(16)17/h6-7,10-12,14,18H,8-9H2,1-5H3. The van der Waals surface area contributed by atoms with Gasteiger partial charge in [0.1, 0.15) is 0 Å². The molecule has 18 heavy (non-hydrogen) atoms. The molecule has 102 valence electrons. The summed E-state index contributed by atoms with van der Waals surface area (Å²) in [6.45, 7) is 11.3. The van der Waals surface area contributed by atoms with E-state index in [1.807, 2.05) is 0 Å². The van der Waals surface area contributed by atoms with E-state index < -0.39 is 0 Å². The van der Waals surface area contributed by atoms with Crippen LogP contribution in [0.2, 0.25) is 0 Å². The highest BCUT2D eigenvalue weighted by atomic mass is 79.9. The third kappa shape index (κ3) is 5.43. The van der Waals surface area contributed by atoms with E-state index in [2.05, 4.69) is 74.1 Å². The summed E-state index contributed by atoms with van der Waals surface area (Å²) in [6, 6.07) is 7.07. The van der Waals surface area contributed by atoms with Crippen LogP contribution in [0.5, 0.6) is 0 Å². The van der Waals surface area contributed by atoms with E-state index in [9.17, 15) is 0 Å². The number of hydrogen-bond donors (Lipinski definition) is 1. The number of anilines is 1. The minimum absolute atomic E-state index is 0.559. The van der Waals surface area contributed by atoms with E-state index >= 15 is 0 Å². The van der Waals surface area contributed by atoms with Gasteiger partial charge in [-0.15, -0.1) is 0 Å². The van der Waals surface area contributed by atoms with Crippen molar-refractivity contribution in [2.45, 2.75) is 53.5 Å². The van der Waals surface area contributed by atoms with Gasteiger partial charge in [0.2, 0.25) is 0 Å². The second-order valence-electron chi connectivity index (χ2n) is 6.08. The molecule has 0 unspecified atom stereocenters. The molecule has 0 bridgehead atoms. The van der Waals surface area contributed by atoms with E-state index in [0.717, 1.165) is 11.8 Å². The van der Waals surface area contributed by atoms with Gasteiger partial charge in [-0.2, -0.15) is 0 Å². The fourth-order valence-electron chi connectivity index (χ4n) is 2.31. The van der Waals surface area contributed by atoms with Gasteiger partial charge in [-0.1, -0.05) is 33.8 Å². The molecule has 1 rings (SSSR count). The van der Waals surface area contributed by atoms with Gasteiger partial charge in [0, 0.05) is 16.2 Å². The third-order valence-corrected chi connectivity index (χ3v) is 3.65. The van der Waals surface area contributed by atoms with Crippen molar-refractivity contribution in [3.8, 4) is 0 Å². The Labute approximate surface area is 120 Å². The molecule has 2 heteroatoms. The zero-order valence-corrected chi connectivity index (χ0v) is 13.8. The van der Waals surface area contributed by atoms with Gasteiger partial charge in [-0.25, -0.2) is 0 Å². The molecular formula is C16H26BrN. The lowest BCUT2D eigenvalue weighted by Crippen LogP contribution is -2.23. The lowest BCUT2D eigenvalue weighted by Gasteiger charge is -2.24. The molecule has 0 saturated heterocycles. The van der Waals surface area contributed by atoms with Crippen molar-refractivity contribution in [1.29, 1.82) is 0 Å². The average molecular weight is 312 g/mol. The van der Waals surface area contributed by atoms with Gasteiger partial charge < -0.3 is 5.32 Å². The number of halogens is 1. The van der Waals surface area contributed by atoms with Crippen LogP contribution in [0.3, 0.4) is 0 Å². The maximum absolute atomic E-state index is 3.69. The number of aryl methyl sites for hydroxylation is 1. The fraction of sp³-hybridized carbons (Fsp3) is 0.625. The van der Waals surface area contributed by atoms with Crippen LogP contribution in [-0.4, -0.2) is 6.04 Å². The van der Waals surface area contributed by atoms with E-state index in [-0.39, 0.29) is 0 Å². The Morgan fingerprint density at radius 2 is 1.61 bits per heavy atom. The largest absolute Gasteiger partial charge is 0.381 e. The molecule has 0 saturated carbocycles. The molecule has 0 fully saturated rings. The quantitative estimate of drug-likeness (QED) is 0.718. The number of nitrogens with one attached hydrogen (secondary N) is 1. The first-order valence-electron chi connectivity index (χ1n) is 6.91. The maximum atomic E-state index is 3.69. The molecule has 0 aromatic heterocycles. The van der Waals surface area contributed by atoms with Gasteiger partial charge in [0.25, 0.3) is 0 Å². The van der Waals surface area contributed by atoms with Crippen LogP contribution in [0.1, 0.15) is 46.1 Å². The Morgan fingerprint density at radius 3 is 2.06 bits per heavy atom. The molecule has 1 aromatic rings. The van der Waals surface area contributed by atoms with Gasteiger partial charge in [0.05, 0.1) is 0 Å². The number of rotatable bonds is 6. The SMILES string of the molecule is Cc1ccc(NC(CC(C)C)CC(C)C)c(Br)c1. The number of benzene rings is 1. The van der Waals surface area contributed by atoms with Crippen LogP contribution in [0.4, 0.5) is 5.69 Å². The Bertz CT molecular complexity index is 361. The van der Waals surface area contributed by atoms with E-state index in [1.54, 1.807) is 0 Å². The topological polar surface area (TPSA) is 12.0 Å². The van der Waals surface area contributed by atoms with Crippen molar-refractivity contribution in [1.82, 2.24) is 0 Å². The molecule has 0 radical (unpaired) electrons. The van der Waals surface area contributed by atoms with Crippen LogP contribution in [0, 0.1) is 18.8 Å². The molecule has 1 N–H and O–H groups in total. The summed E-state index contributed by atoms with van der Waals surface area (Å²) >= 11 is 3.65. The minimum atomic E-state index is 0.559. The van der Waals surface area contributed by atoms with Gasteiger partial charge in [0.15, 0.2) is 0 Å². The average Bonchev–Trinajstić information content (AvgIpc) is 2.20. The van der Waals surface area contributed by atoms with Crippen LogP contribution in [0.25, 0.3) is 0 Å². The first kappa shape index (κ1) is 15.6. The zero-order chi connectivity index (χ0) is 13.7. The lowest BCUT2D eigenvalue weighted by atomic mass is 9.95. The predicted molar refractivity (Wildman–Crippen MR) is 85.2 cm³/mol. The highest BCUT2D eigenvalue weighted by molar-refractivity contribution is 9.10. The van der Waals surface area contributed by atoms with E-state index in [1.165, 1.54) is 28.6 Å². The zero-order valence-electron chi connectivity index (χ0n) is 12.3. The molecule has 0 amide bonds. The molecule has 0 aliphatic heterocycles. The van der Waals surface area contributed by atoms with E-state index in [4.69, 9.17) is 0 Å². The molecule has 0 atom stereocenters. The normalized spacial score (nSPS) is 11.6. The summed E-state index contributed by atoms with van der Waals surface area (Å²) in [7, 11) is 0. The second-order valence-corrected chi connectivity index (χ2v) is 6.94. The van der Waals surface area contributed by atoms with Crippen molar-refractivity contribution < 1.29 is 0 Å². The molecule has 0 aliphatic rings. The molecule has 0 aliphatic carbocycles. The Hall–Kier alpha value is -0.500. The minimum Gasteiger partial charge on any atom is -0.381 e. The van der Waals surface area contributed by atoms with Crippen molar-refractivity contribution in [3.63, 3.8) is 0 Å². The smallest absolute Gasteiger partial charge is 0.0486 e. The van der Waals surface area contributed by atoms with Gasteiger partial charge in [-0.05, 0) is 65.2 Å².